The SMILES string of the molecule is CC(C)(C)C(=O)NCN(N)c1ccccc1. The quantitative estimate of drug-likeness (QED) is 0.462. The Morgan fingerprint density at radius 3 is 2.38 bits per heavy atom. The van der Waals surface area contributed by atoms with Crippen LogP contribution in [-0.2, 0) is 4.79 Å². The number of hydrazine groups is 1. The van der Waals surface area contributed by atoms with E-state index in [1.54, 1.807) is 0 Å². The first kappa shape index (κ1) is 12.5. The van der Waals surface area contributed by atoms with E-state index in [9.17, 15) is 4.79 Å². The van der Waals surface area contributed by atoms with Gasteiger partial charge in [0.05, 0.1) is 5.69 Å². The van der Waals surface area contributed by atoms with Crippen LogP contribution >= 0.6 is 0 Å². The number of para-hydroxylation sites is 1. The molecule has 4 nitrogen and oxygen atoms in total. The lowest BCUT2D eigenvalue weighted by Crippen LogP contribution is -2.45. The summed E-state index contributed by atoms with van der Waals surface area (Å²) in [6.45, 7) is 5.91. The highest BCUT2D eigenvalue weighted by Crippen LogP contribution is 2.13. The molecule has 0 aromatic heterocycles. The Labute approximate surface area is 96.4 Å². The Balaban J connectivity index is 2.48. The number of nitrogens with two attached hydrogens (primary N) is 1. The van der Waals surface area contributed by atoms with Gasteiger partial charge in [0.2, 0.25) is 5.91 Å². The van der Waals surface area contributed by atoms with Crippen LogP contribution in [0, 0.1) is 5.41 Å². The molecule has 88 valence electrons. The molecule has 16 heavy (non-hydrogen) atoms. The third-order valence-corrected chi connectivity index (χ3v) is 2.18. The normalized spacial score (nSPS) is 11.0. The van der Waals surface area contributed by atoms with Gasteiger partial charge in [0, 0.05) is 5.41 Å². The average Bonchev–Trinajstić information content (AvgIpc) is 2.25. The smallest absolute Gasteiger partial charge is 0.226 e. The summed E-state index contributed by atoms with van der Waals surface area (Å²) in [4.78, 5) is 11.6. The fourth-order valence-corrected chi connectivity index (χ4v) is 1.13. The van der Waals surface area contributed by atoms with E-state index >= 15 is 0 Å². The minimum absolute atomic E-state index is 0.0149. The average molecular weight is 221 g/mol. The highest BCUT2D eigenvalue weighted by molar-refractivity contribution is 5.81. The second-order valence-corrected chi connectivity index (χ2v) is 4.72. The lowest BCUT2D eigenvalue weighted by molar-refractivity contribution is -0.128. The number of hydrogen-bond acceptors (Lipinski definition) is 3. The predicted molar refractivity (Wildman–Crippen MR) is 65.6 cm³/mol. The molecule has 1 rings (SSSR count). The first-order chi connectivity index (χ1) is 7.41. The minimum Gasteiger partial charge on any atom is -0.337 e. The Morgan fingerprint density at radius 2 is 1.88 bits per heavy atom. The summed E-state index contributed by atoms with van der Waals surface area (Å²) < 4.78 is 0. The van der Waals surface area contributed by atoms with E-state index in [0.717, 1.165) is 5.69 Å². The van der Waals surface area contributed by atoms with Crippen molar-refractivity contribution < 1.29 is 4.79 Å². The third-order valence-electron chi connectivity index (χ3n) is 2.18. The van der Waals surface area contributed by atoms with Crippen LogP contribution in [0.5, 0.6) is 0 Å². The molecule has 1 amide bonds. The second-order valence-electron chi connectivity index (χ2n) is 4.72. The van der Waals surface area contributed by atoms with Crippen molar-refractivity contribution in [3.63, 3.8) is 0 Å². The summed E-state index contributed by atoms with van der Waals surface area (Å²) in [5.41, 5.74) is 0.481. The molecule has 0 spiro atoms. The molecule has 0 bridgehead atoms. The van der Waals surface area contributed by atoms with Gasteiger partial charge in [-0.3, -0.25) is 9.80 Å². The number of nitrogens with one attached hydrogen (secondary N) is 1. The van der Waals surface area contributed by atoms with Crippen molar-refractivity contribution in [3.8, 4) is 0 Å². The van der Waals surface area contributed by atoms with Gasteiger partial charge in [-0.05, 0) is 12.1 Å². The highest BCUT2D eigenvalue weighted by Gasteiger charge is 2.20. The van der Waals surface area contributed by atoms with Gasteiger partial charge in [0.1, 0.15) is 6.67 Å². The Kier molecular flexibility index (Phi) is 3.90. The first-order valence-corrected chi connectivity index (χ1v) is 5.27. The van der Waals surface area contributed by atoms with Crippen LogP contribution in [0.2, 0.25) is 0 Å². The topological polar surface area (TPSA) is 58.4 Å². The van der Waals surface area contributed by atoms with E-state index < -0.39 is 5.41 Å². The summed E-state index contributed by atoms with van der Waals surface area (Å²) in [7, 11) is 0. The van der Waals surface area contributed by atoms with Gasteiger partial charge < -0.3 is 5.32 Å². The van der Waals surface area contributed by atoms with Gasteiger partial charge >= 0.3 is 0 Å². The van der Waals surface area contributed by atoms with E-state index in [-0.39, 0.29) is 5.91 Å². The summed E-state index contributed by atoms with van der Waals surface area (Å²) >= 11 is 0. The summed E-state index contributed by atoms with van der Waals surface area (Å²) in [6.07, 6.45) is 0. The van der Waals surface area contributed by atoms with Crippen LogP contribution in [-0.4, -0.2) is 12.6 Å². The van der Waals surface area contributed by atoms with Crippen LogP contribution in [0.3, 0.4) is 0 Å². The molecule has 0 saturated heterocycles. The van der Waals surface area contributed by atoms with E-state index in [1.807, 2.05) is 51.1 Å². The van der Waals surface area contributed by atoms with Crippen molar-refractivity contribution in [2.24, 2.45) is 11.3 Å². The number of rotatable bonds is 3. The lowest BCUT2D eigenvalue weighted by Gasteiger charge is -2.23. The number of hydrogen-bond donors (Lipinski definition) is 2. The van der Waals surface area contributed by atoms with E-state index in [0.29, 0.717) is 6.67 Å². The Hall–Kier alpha value is -1.55. The number of nitrogens with zero attached hydrogens (tertiary/aromatic N) is 1. The van der Waals surface area contributed by atoms with Crippen molar-refractivity contribution in [1.29, 1.82) is 0 Å². The minimum atomic E-state index is -0.391. The third kappa shape index (κ3) is 3.55. The zero-order valence-electron chi connectivity index (χ0n) is 10.0. The molecule has 0 fully saturated rings. The monoisotopic (exact) mass is 221 g/mol. The van der Waals surface area contributed by atoms with Gasteiger partial charge in [0.25, 0.3) is 0 Å². The maximum Gasteiger partial charge on any atom is 0.226 e. The molecule has 0 heterocycles. The van der Waals surface area contributed by atoms with Crippen molar-refractivity contribution in [2.45, 2.75) is 20.8 Å². The molecule has 1 aromatic rings. The van der Waals surface area contributed by atoms with Crippen molar-refractivity contribution in [2.75, 3.05) is 11.7 Å². The standard InChI is InChI=1S/C12H19N3O/c1-12(2,3)11(16)14-9-15(13)10-7-5-4-6-8-10/h4-8H,9,13H2,1-3H3,(H,14,16). The summed E-state index contributed by atoms with van der Waals surface area (Å²) in [5, 5.41) is 4.29. The summed E-state index contributed by atoms with van der Waals surface area (Å²) in [5.74, 6) is 5.79. The zero-order valence-corrected chi connectivity index (χ0v) is 10.0. The van der Waals surface area contributed by atoms with Crippen LogP contribution in [0.25, 0.3) is 0 Å². The highest BCUT2D eigenvalue weighted by atomic mass is 16.2. The largest absolute Gasteiger partial charge is 0.337 e. The molecule has 0 atom stereocenters. The number of benzene rings is 1. The summed E-state index contributed by atoms with van der Waals surface area (Å²) in [6, 6.07) is 9.51. The maximum atomic E-state index is 11.6. The van der Waals surface area contributed by atoms with Crippen LogP contribution in [0.15, 0.2) is 30.3 Å². The fraction of sp³-hybridized carbons (Fsp3) is 0.417. The molecule has 0 aliphatic carbocycles. The molecule has 1 aromatic carbocycles. The van der Waals surface area contributed by atoms with Crippen molar-refractivity contribution in [3.05, 3.63) is 30.3 Å². The van der Waals surface area contributed by atoms with Crippen LogP contribution in [0.1, 0.15) is 20.8 Å². The Morgan fingerprint density at radius 1 is 1.31 bits per heavy atom. The van der Waals surface area contributed by atoms with E-state index in [2.05, 4.69) is 5.32 Å². The zero-order chi connectivity index (χ0) is 12.2. The number of amides is 1. The molecule has 3 N–H and O–H groups in total. The van der Waals surface area contributed by atoms with Gasteiger partial charge in [0.15, 0.2) is 0 Å². The van der Waals surface area contributed by atoms with Gasteiger partial charge in [-0.2, -0.15) is 0 Å². The first-order valence-electron chi connectivity index (χ1n) is 5.27. The molecule has 0 saturated carbocycles. The van der Waals surface area contributed by atoms with Crippen LogP contribution < -0.4 is 16.2 Å². The molecule has 0 unspecified atom stereocenters. The van der Waals surface area contributed by atoms with Gasteiger partial charge in [-0.25, -0.2) is 5.84 Å². The second kappa shape index (κ2) is 4.99. The molecule has 0 aliphatic heterocycles. The molecular weight excluding hydrogens is 202 g/mol. The van der Waals surface area contributed by atoms with E-state index in [4.69, 9.17) is 5.84 Å². The molecule has 0 aliphatic rings. The Bertz CT molecular complexity index is 343. The maximum absolute atomic E-state index is 11.6. The number of anilines is 1. The van der Waals surface area contributed by atoms with Gasteiger partial charge in [-0.1, -0.05) is 39.0 Å². The predicted octanol–water partition coefficient (Wildman–Crippen LogP) is 1.49. The van der Waals surface area contributed by atoms with Crippen molar-refractivity contribution in [1.82, 2.24) is 5.32 Å². The molecular formula is C12H19N3O. The van der Waals surface area contributed by atoms with Gasteiger partial charge in [-0.15, -0.1) is 0 Å². The fourth-order valence-electron chi connectivity index (χ4n) is 1.13. The van der Waals surface area contributed by atoms with Crippen molar-refractivity contribution >= 4 is 11.6 Å². The molecule has 4 heteroatoms. The van der Waals surface area contributed by atoms with E-state index in [1.165, 1.54) is 5.01 Å². The molecule has 0 radical (unpaired) electrons. The lowest BCUT2D eigenvalue weighted by atomic mass is 9.96. The van der Waals surface area contributed by atoms with Crippen LogP contribution in [0.4, 0.5) is 5.69 Å². The number of carbonyl (C=O) groups excluding carboxylic acids is 1. The number of carbonyl (C=O) groups is 1.